The smallest absolute Gasteiger partial charge is 0.250 e. The Morgan fingerprint density at radius 3 is 2.67 bits per heavy atom. The summed E-state index contributed by atoms with van der Waals surface area (Å²) in [6.45, 7) is 0. The SMILES string of the molecule is N#Cc1c(F)cccc1C(N)=O. The fourth-order valence-corrected chi connectivity index (χ4v) is 0.843. The van der Waals surface area contributed by atoms with Crippen LogP contribution in [0, 0.1) is 17.1 Å². The topological polar surface area (TPSA) is 66.9 Å². The van der Waals surface area contributed by atoms with E-state index in [9.17, 15) is 9.18 Å². The summed E-state index contributed by atoms with van der Waals surface area (Å²) in [6.07, 6.45) is 0. The van der Waals surface area contributed by atoms with Gasteiger partial charge in [-0.05, 0) is 12.1 Å². The minimum Gasteiger partial charge on any atom is -0.366 e. The Morgan fingerprint density at radius 1 is 1.58 bits per heavy atom. The molecule has 0 aliphatic carbocycles. The van der Waals surface area contributed by atoms with E-state index in [2.05, 4.69) is 0 Å². The molecule has 1 aromatic rings. The predicted octanol–water partition coefficient (Wildman–Crippen LogP) is 0.796. The van der Waals surface area contributed by atoms with E-state index < -0.39 is 11.7 Å². The number of halogens is 1. The number of rotatable bonds is 1. The maximum Gasteiger partial charge on any atom is 0.250 e. The second-order valence-electron chi connectivity index (χ2n) is 2.14. The van der Waals surface area contributed by atoms with Gasteiger partial charge >= 0.3 is 0 Å². The van der Waals surface area contributed by atoms with Crippen LogP contribution in [-0.2, 0) is 0 Å². The van der Waals surface area contributed by atoms with Crippen LogP contribution in [0.3, 0.4) is 0 Å². The van der Waals surface area contributed by atoms with Crippen LogP contribution in [0.5, 0.6) is 0 Å². The van der Waals surface area contributed by atoms with Crippen LogP contribution < -0.4 is 5.73 Å². The number of amides is 1. The maximum atomic E-state index is 12.8. The van der Waals surface area contributed by atoms with E-state index >= 15 is 0 Å². The third-order valence-electron chi connectivity index (χ3n) is 1.39. The van der Waals surface area contributed by atoms with E-state index in [0.29, 0.717) is 0 Å². The Kier molecular flexibility index (Phi) is 2.06. The highest BCUT2D eigenvalue weighted by Crippen LogP contribution is 2.10. The second-order valence-corrected chi connectivity index (χ2v) is 2.14. The van der Waals surface area contributed by atoms with Crippen LogP contribution >= 0.6 is 0 Å². The van der Waals surface area contributed by atoms with Gasteiger partial charge in [-0.15, -0.1) is 0 Å². The first-order chi connectivity index (χ1) is 5.66. The fourth-order valence-electron chi connectivity index (χ4n) is 0.843. The molecule has 3 nitrogen and oxygen atoms in total. The van der Waals surface area contributed by atoms with Gasteiger partial charge in [-0.2, -0.15) is 5.26 Å². The summed E-state index contributed by atoms with van der Waals surface area (Å²) in [5.74, 6) is -1.53. The molecule has 0 atom stereocenters. The highest BCUT2D eigenvalue weighted by molar-refractivity contribution is 5.95. The first-order valence-corrected chi connectivity index (χ1v) is 3.15. The number of nitrogens with two attached hydrogens (primary N) is 1. The van der Waals surface area contributed by atoms with Crippen LogP contribution in [-0.4, -0.2) is 5.91 Å². The molecule has 1 aromatic carbocycles. The molecule has 1 rings (SSSR count). The molecule has 0 unspecified atom stereocenters. The molecule has 0 spiro atoms. The van der Waals surface area contributed by atoms with E-state index in [4.69, 9.17) is 11.0 Å². The molecule has 0 saturated carbocycles. The Bertz CT molecular complexity index is 368. The van der Waals surface area contributed by atoms with Gasteiger partial charge in [0.05, 0.1) is 5.56 Å². The largest absolute Gasteiger partial charge is 0.366 e. The molecular formula is C8H5FN2O. The van der Waals surface area contributed by atoms with Crippen molar-refractivity contribution in [2.75, 3.05) is 0 Å². The van der Waals surface area contributed by atoms with Gasteiger partial charge in [-0.3, -0.25) is 4.79 Å². The van der Waals surface area contributed by atoms with Crippen LogP contribution in [0.2, 0.25) is 0 Å². The van der Waals surface area contributed by atoms with Gasteiger partial charge in [0, 0.05) is 0 Å². The molecule has 0 radical (unpaired) electrons. The van der Waals surface area contributed by atoms with Gasteiger partial charge in [0.15, 0.2) is 0 Å². The Labute approximate surface area is 68.2 Å². The zero-order valence-corrected chi connectivity index (χ0v) is 6.04. The number of carbonyl (C=O) groups is 1. The van der Waals surface area contributed by atoms with Crippen LogP contribution in [0.25, 0.3) is 0 Å². The zero-order valence-electron chi connectivity index (χ0n) is 6.04. The number of hydrogen-bond acceptors (Lipinski definition) is 2. The predicted molar refractivity (Wildman–Crippen MR) is 39.6 cm³/mol. The van der Waals surface area contributed by atoms with Crippen molar-refractivity contribution >= 4 is 5.91 Å². The maximum absolute atomic E-state index is 12.8. The molecule has 60 valence electrons. The lowest BCUT2D eigenvalue weighted by atomic mass is 10.1. The van der Waals surface area contributed by atoms with Crippen molar-refractivity contribution in [1.82, 2.24) is 0 Å². The lowest BCUT2D eigenvalue weighted by Crippen LogP contribution is -2.13. The quantitative estimate of drug-likeness (QED) is 0.666. The van der Waals surface area contributed by atoms with Gasteiger partial charge in [-0.25, -0.2) is 4.39 Å². The minimum absolute atomic E-state index is 0.0856. The van der Waals surface area contributed by atoms with Crippen LogP contribution in [0.4, 0.5) is 4.39 Å². The molecule has 0 aromatic heterocycles. The van der Waals surface area contributed by atoms with Gasteiger partial charge in [0.1, 0.15) is 17.4 Å². The average Bonchev–Trinajstić information content (AvgIpc) is 2.03. The van der Waals surface area contributed by atoms with Gasteiger partial charge in [0.25, 0.3) is 0 Å². The molecule has 0 saturated heterocycles. The van der Waals surface area contributed by atoms with Crippen LogP contribution in [0.1, 0.15) is 15.9 Å². The van der Waals surface area contributed by atoms with Crippen molar-refractivity contribution < 1.29 is 9.18 Å². The number of nitrogens with zero attached hydrogens (tertiary/aromatic N) is 1. The molecule has 4 heteroatoms. The number of carbonyl (C=O) groups excluding carboxylic acids is 1. The van der Waals surface area contributed by atoms with Crippen molar-refractivity contribution in [2.45, 2.75) is 0 Å². The molecule has 0 bridgehead atoms. The number of primary amides is 1. The summed E-state index contributed by atoms with van der Waals surface area (Å²) in [5, 5.41) is 8.45. The van der Waals surface area contributed by atoms with E-state index in [1.807, 2.05) is 0 Å². The summed E-state index contributed by atoms with van der Waals surface area (Å²) >= 11 is 0. The first kappa shape index (κ1) is 8.21. The van der Waals surface area contributed by atoms with E-state index in [1.54, 1.807) is 6.07 Å². The summed E-state index contributed by atoms with van der Waals surface area (Å²) in [7, 11) is 0. The third-order valence-corrected chi connectivity index (χ3v) is 1.39. The van der Waals surface area contributed by atoms with Gasteiger partial charge in [-0.1, -0.05) is 6.07 Å². The Morgan fingerprint density at radius 2 is 2.25 bits per heavy atom. The minimum atomic E-state index is -0.800. The van der Waals surface area contributed by atoms with Crippen molar-refractivity contribution in [3.8, 4) is 6.07 Å². The molecule has 2 N–H and O–H groups in total. The molecule has 0 aliphatic rings. The highest BCUT2D eigenvalue weighted by atomic mass is 19.1. The first-order valence-electron chi connectivity index (χ1n) is 3.15. The summed E-state index contributed by atoms with van der Waals surface area (Å²) in [4.78, 5) is 10.6. The number of hydrogen-bond donors (Lipinski definition) is 1. The van der Waals surface area contributed by atoms with Crippen LogP contribution in [0.15, 0.2) is 18.2 Å². The number of nitriles is 1. The van der Waals surface area contributed by atoms with E-state index in [1.165, 1.54) is 12.1 Å². The molecule has 12 heavy (non-hydrogen) atoms. The zero-order chi connectivity index (χ0) is 9.14. The summed E-state index contributed by atoms with van der Waals surface area (Å²) < 4.78 is 12.8. The summed E-state index contributed by atoms with van der Waals surface area (Å²) in [5.41, 5.74) is 4.52. The third kappa shape index (κ3) is 1.25. The Balaban J connectivity index is 3.40. The van der Waals surface area contributed by atoms with Crippen molar-refractivity contribution in [2.24, 2.45) is 5.73 Å². The second kappa shape index (κ2) is 3.01. The van der Waals surface area contributed by atoms with E-state index in [0.717, 1.165) is 6.07 Å². The monoisotopic (exact) mass is 164 g/mol. The molecule has 0 aliphatic heterocycles. The highest BCUT2D eigenvalue weighted by Gasteiger charge is 2.10. The Hall–Kier alpha value is -1.89. The standard InChI is InChI=1S/C8H5FN2O/c9-7-3-1-2-5(8(11)12)6(7)4-10/h1-3H,(H2,11,12). The van der Waals surface area contributed by atoms with Gasteiger partial charge < -0.3 is 5.73 Å². The molecule has 1 amide bonds. The molecular weight excluding hydrogens is 159 g/mol. The van der Waals surface area contributed by atoms with Crippen molar-refractivity contribution in [1.29, 1.82) is 5.26 Å². The van der Waals surface area contributed by atoms with Gasteiger partial charge in [0.2, 0.25) is 5.91 Å². The normalized spacial score (nSPS) is 9.00. The average molecular weight is 164 g/mol. The fraction of sp³-hybridized carbons (Fsp3) is 0. The molecule has 0 fully saturated rings. The lowest BCUT2D eigenvalue weighted by molar-refractivity contribution is 0.0999. The lowest BCUT2D eigenvalue weighted by Gasteiger charge is -1.98. The molecule has 0 heterocycles. The number of benzene rings is 1. The van der Waals surface area contributed by atoms with E-state index in [-0.39, 0.29) is 11.1 Å². The van der Waals surface area contributed by atoms with Crippen molar-refractivity contribution in [3.63, 3.8) is 0 Å². The van der Waals surface area contributed by atoms with Crippen molar-refractivity contribution in [3.05, 3.63) is 35.1 Å². The summed E-state index contributed by atoms with van der Waals surface area (Å²) in [6, 6.07) is 5.31.